The molecule has 1 fully saturated rings. The van der Waals surface area contributed by atoms with Crippen molar-refractivity contribution in [2.45, 2.75) is 25.7 Å². The molecule has 31 heavy (non-hydrogen) atoms. The predicted octanol–water partition coefficient (Wildman–Crippen LogP) is 5.75. The summed E-state index contributed by atoms with van der Waals surface area (Å²) in [6.45, 7) is 0.558. The van der Waals surface area contributed by atoms with Crippen LogP contribution in [0.3, 0.4) is 0 Å². The lowest BCUT2D eigenvalue weighted by Gasteiger charge is -2.14. The molecule has 3 rings (SSSR count). The van der Waals surface area contributed by atoms with Gasteiger partial charge in [-0.25, -0.2) is 0 Å². The Hall–Kier alpha value is -2.35. The number of benzene rings is 2. The second-order valence-electron chi connectivity index (χ2n) is 6.97. The molecule has 8 heteroatoms. The second-order valence-corrected chi connectivity index (χ2v) is 9.08. The fourth-order valence-corrected chi connectivity index (χ4v) is 4.47. The van der Waals surface area contributed by atoms with Crippen molar-refractivity contribution in [1.29, 1.82) is 0 Å². The van der Waals surface area contributed by atoms with Crippen molar-refractivity contribution >= 4 is 63.5 Å². The molecule has 0 spiro atoms. The number of carbonyl (C=O) groups is 2. The molecule has 2 aromatic carbocycles. The molecule has 0 aliphatic carbocycles. The standard InChI is InChI=1S/C23H23ClN2O3S2/c1-29-19-12-10-18(11-13-19)25-21(27)5-3-2-4-14-26-22(28)20(31-23(26)30)15-16-6-8-17(24)9-7-16/h6-13,15H,2-5,14H2,1H3,(H,25,27)/b20-15-. The predicted molar refractivity (Wildman–Crippen MR) is 131 cm³/mol. The molecule has 1 N–H and O–H groups in total. The Bertz CT molecular complexity index is 975. The number of anilines is 1. The number of hydrogen-bond donors (Lipinski definition) is 1. The number of hydrogen-bond acceptors (Lipinski definition) is 5. The maximum atomic E-state index is 12.7. The van der Waals surface area contributed by atoms with Crippen LogP contribution in [-0.4, -0.2) is 34.7 Å². The third kappa shape index (κ3) is 6.82. The van der Waals surface area contributed by atoms with Gasteiger partial charge in [-0.15, -0.1) is 0 Å². The molecular formula is C23H23ClN2O3S2. The highest BCUT2D eigenvalue weighted by Gasteiger charge is 2.31. The number of unbranched alkanes of at least 4 members (excludes halogenated alkanes) is 2. The third-order valence-corrected chi connectivity index (χ3v) is 6.33. The molecule has 1 aliphatic heterocycles. The van der Waals surface area contributed by atoms with E-state index >= 15 is 0 Å². The van der Waals surface area contributed by atoms with Crippen LogP contribution in [0.5, 0.6) is 5.75 Å². The van der Waals surface area contributed by atoms with Gasteiger partial charge in [-0.05, 0) is 60.9 Å². The monoisotopic (exact) mass is 474 g/mol. The van der Waals surface area contributed by atoms with Crippen LogP contribution in [0.1, 0.15) is 31.2 Å². The quantitative estimate of drug-likeness (QED) is 0.285. The average molecular weight is 475 g/mol. The van der Waals surface area contributed by atoms with Crippen molar-refractivity contribution in [1.82, 2.24) is 4.90 Å². The van der Waals surface area contributed by atoms with E-state index < -0.39 is 0 Å². The number of ether oxygens (including phenoxy) is 1. The molecular weight excluding hydrogens is 452 g/mol. The van der Waals surface area contributed by atoms with Crippen LogP contribution in [-0.2, 0) is 9.59 Å². The zero-order valence-corrected chi connectivity index (χ0v) is 19.5. The topological polar surface area (TPSA) is 58.6 Å². The number of halogens is 1. The van der Waals surface area contributed by atoms with Crippen molar-refractivity contribution < 1.29 is 14.3 Å². The van der Waals surface area contributed by atoms with Crippen molar-refractivity contribution in [2.75, 3.05) is 19.0 Å². The fourth-order valence-electron chi connectivity index (χ4n) is 3.03. The summed E-state index contributed by atoms with van der Waals surface area (Å²) in [4.78, 5) is 27.0. The van der Waals surface area contributed by atoms with Gasteiger partial charge in [0.25, 0.3) is 5.91 Å². The van der Waals surface area contributed by atoms with Gasteiger partial charge in [0.15, 0.2) is 0 Å². The van der Waals surface area contributed by atoms with E-state index in [1.807, 2.05) is 30.3 Å². The van der Waals surface area contributed by atoms with Crippen molar-refractivity contribution in [3.63, 3.8) is 0 Å². The maximum absolute atomic E-state index is 12.7. The van der Waals surface area contributed by atoms with Gasteiger partial charge < -0.3 is 10.1 Å². The van der Waals surface area contributed by atoms with E-state index in [-0.39, 0.29) is 11.8 Å². The van der Waals surface area contributed by atoms with Crippen molar-refractivity contribution in [3.05, 3.63) is 64.0 Å². The summed E-state index contributed by atoms with van der Waals surface area (Å²) in [6, 6.07) is 14.5. The first-order chi connectivity index (χ1) is 15.0. The lowest BCUT2D eigenvalue weighted by molar-refractivity contribution is -0.122. The first-order valence-corrected chi connectivity index (χ1v) is 11.5. The van der Waals surface area contributed by atoms with Gasteiger partial charge in [-0.3, -0.25) is 14.5 Å². The molecule has 1 heterocycles. The molecule has 0 saturated carbocycles. The van der Waals surface area contributed by atoms with Gasteiger partial charge in [0, 0.05) is 23.7 Å². The second kappa shape index (κ2) is 11.3. The van der Waals surface area contributed by atoms with E-state index in [0.29, 0.717) is 27.2 Å². The summed E-state index contributed by atoms with van der Waals surface area (Å²) in [5.41, 5.74) is 1.66. The summed E-state index contributed by atoms with van der Waals surface area (Å²) < 4.78 is 5.68. The summed E-state index contributed by atoms with van der Waals surface area (Å²) in [5, 5.41) is 3.53. The highest BCUT2D eigenvalue weighted by Crippen LogP contribution is 2.33. The normalized spacial score (nSPS) is 14.9. The molecule has 0 aromatic heterocycles. The summed E-state index contributed by atoms with van der Waals surface area (Å²) in [7, 11) is 1.60. The zero-order valence-electron chi connectivity index (χ0n) is 17.1. The number of amides is 2. The van der Waals surface area contributed by atoms with E-state index in [4.69, 9.17) is 28.6 Å². The Kier molecular flexibility index (Phi) is 8.51. The Labute approximate surface area is 196 Å². The van der Waals surface area contributed by atoms with E-state index in [9.17, 15) is 9.59 Å². The van der Waals surface area contributed by atoms with Crippen molar-refractivity contribution in [2.24, 2.45) is 0 Å². The zero-order chi connectivity index (χ0) is 22.2. The van der Waals surface area contributed by atoms with Crippen LogP contribution in [0.2, 0.25) is 5.02 Å². The third-order valence-electron chi connectivity index (χ3n) is 4.70. The van der Waals surface area contributed by atoms with E-state index in [1.54, 1.807) is 36.3 Å². The van der Waals surface area contributed by atoms with E-state index in [2.05, 4.69) is 5.32 Å². The highest BCUT2D eigenvalue weighted by molar-refractivity contribution is 8.26. The van der Waals surface area contributed by atoms with Crippen LogP contribution >= 0.6 is 35.6 Å². The minimum atomic E-state index is -0.0674. The van der Waals surface area contributed by atoms with Gasteiger partial charge in [0.1, 0.15) is 10.1 Å². The minimum absolute atomic E-state index is 0.0262. The number of rotatable bonds is 9. The molecule has 0 radical (unpaired) electrons. The van der Waals surface area contributed by atoms with Gasteiger partial charge >= 0.3 is 0 Å². The number of thioether (sulfide) groups is 1. The Morgan fingerprint density at radius 2 is 1.84 bits per heavy atom. The molecule has 0 bridgehead atoms. The molecule has 2 amide bonds. The molecule has 162 valence electrons. The molecule has 5 nitrogen and oxygen atoms in total. The van der Waals surface area contributed by atoms with Gasteiger partial charge in [0.2, 0.25) is 5.91 Å². The maximum Gasteiger partial charge on any atom is 0.266 e. The van der Waals surface area contributed by atoms with Crippen LogP contribution in [0.15, 0.2) is 53.4 Å². The molecule has 2 aromatic rings. The van der Waals surface area contributed by atoms with Crippen LogP contribution in [0.4, 0.5) is 5.69 Å². The van der Waals surface area contributed by atoms with Crippen LogP contribution < -0.4 is 10.1 Å². The van der Waals surface area contributed by atoms with E-state index in [0.717, 1.165) is 36.3 Å². The van der Waals surface area contributed by atoms with Crippen molar-refractivity contribution in [3.8, 4) is 5.75 Å². The first kappa shape index (κ1) is 23.3. The lowest BCUT2D eigenvalue weighted by Crippen LogP contribution is -2.29. The minimum Gasteiger partial charge on any atom is -0.497 e. The van der Waals surface area contributed by atoms with Crippen LogP contribution in [0.25, 0.3) is 6.08 Å². The number of carbonyl (C=O) groups excluding carboxylic acids is 2. The summed E-state index contributed by atoms with van der Waals surface area (Å²) >= 11 is 12.6. The number of methoxy groups -OCH3 is 1. The highest BCUT2D eigenvalue weighted by atomic mass is 35.5. The van der Waals surface area contributed by atoms with E-state index in [1.165, 1.54) is 11.8 Å². The first-order valence-electron chi connectivity index (χ1n) is 9.91. The SMILES string of the molecule is COc1ccc(NC(=O)CCCCCN2C(=O)/C(=C/c3ccc(Cl)cc3)SC2=S)cc1. The summed E-state index contributed by atoms with van der Waals surface area (Å²) in [6.07, 6.45) is 4.64. The van der Waals surface area contributed by atoms with Gasteiger partial charge in [-0.1, -0.05) is 54.1 Å². The summed E-state index contributed by atoms with van der Waals surface area (Å²) in [5.74, 6) is 0.653. The smallest absolute Gasteiger partial charge is 0.266 e. The molecule has 1 aliphatic rings. The number of nitrogens with one attached hydrogen (secondary N) is 1. The van der Waals surface area contributed by atoms with Gasteiger partial charge in [-0.2, -0.15) is 0 Å². The Balaban J connectivity index is 1.39. The van der Waals surface area contributed by atoms with Gasteiger partial charge in [0.05, 0.1) is 12.0 Å². The molecule has 1 saturated heterocycles. The fraction of sp³-hybridized carbons (Fsp3) is 0.261. The van der Waals surface area contributed by atoms with Crippen LogP contribution in [0, 0.1) is 0 Å². The Morgan fingerprint density at radius 1 is 1.13 bits per heavy atom. The average Bonchev–Trinajstić information content (AvgIpc) is 3.03. The molecule has 0 atom stereocenters. The number of thiocarbonyl (C=S) groups is 1. The lowest BCUT2D eigenvalue weighted by atomic mass is 10.1. The molecule has 0 unspecified atom stereocenters. The number of nitrogens with zero attached hydrogens (tertiary/aromatic N) is 1. The Morgan fingerprint density at radius 3 is 2.52 bits per heavy atom. The largest absolute Gasteiger partial charge is 0.497 e.